The summed E-state index contributed by atoms with van der Waals surface area (Å²) in [5, 5.41) is 2.95. The molecule has 2 aromatic carbocycles. The molecule has 0 radical (unpaired) electrons. The molecule has 0 spiro atoms. The van der Waals surface area contributed by atoms with Crippen LogP contribution in [0.4, 0.5) is 28.4 Å². The maximum atomic E-state index is 14.3. The molecule has 2 aromatic heterocycles. The van der Waals surface area contributed by atoms with Crippen LogP contribution in [0.1, 0.15) is 17.5 Å². The molecule has 0 aliphatic heterocycles. The van der Waals surface area contributed by atoms with Gasteiger partial charge < -0.3 is 10.1 Å². The molecule has 176 valence electrons. The number of pyridine rings is 1. The minimum Gasteiger partial charge on any atom is -0.494 e. The lowest BCUT2D eigenvalue weighted by molar-refractivity contribution is -0.138. The first-order chi connectivity index (χ1) is 16.3. The van der Waals surface area contributed by atoms with E-state index in [0.717, 1.165) is 6.07 Å². The normalized spacial score (nSPS) is 11.4. The fourth-order valence-corrected chi connectivity index (χ4v) is 4.14. The molecule has 0 atom stereocenters. The number of aryl methyl sites for hydroxylation is 1. The first-order valence-electron chi connectivity index (χ1n) is 10.2. The second-order valence-corrected chi connectivity index (χ2v) is 8.67. The molecule has 0 aliphatic rings. The second kappa shape index (κ2) is 10.4. The number of hydrogen-bond donors (Lipinski definition) is 1. The molecule has 0 saturated carbocycles. The summed E-state index contributed by atoms with van der Waals surface area (Å²) in [5.41, 5.74) is 0.137. The quantitative estimate of drug-likeness (QED) is 0.195. The Morgan fingerprint density at radius 3 is 2.56 bits per heavy atom. The van der Waals surface area contributed by atoms with Crippen LogP contribution >= 0.6 is 22.9 Å². The van der Waals surface area contributed by atoms with Crippen LogP contribution in [-0.2, 0) is 12.6 Å². The summed E-state index contributed by atoms with van der Waals surface area (Å²) < 4.78 is 61.0. The van der Waals surface area contributed by atoms with E-state index in [4.69, 9.17) is 16.3 Å². The molecule has 0 bridgehead atoms. The molecule has 2 heterocycles. The van der Waals surface area contributed by atoms with Crippen LogP contribution in [-0.4, -0.2) is 16.6 Å². The third-order valence-electron chi connectivity index (χ3n) is 4.86. The maximum absolute atomic E-state index is 14.3. The molecule has 0 saturated heterocycles. The van der Waals surface area contributed by atoms with Gasteiger partial charge in [-0.1, -0.05) is 29.0 Å². The minimum absolute atomic E-state index is 0.0916. The lowest BCUT2D eigenvalue weighted by Gasteiger charge is -2.15. The lowest BCUT2D eigenvalue weighted by atomic mass is 10.0. The molecule has 0 fully saturated rings. The standard InChI is InChI=1S/C24H18ClF4N3OS/c25-17-6-9-19(10-7-17)33-12-2-4-15-5-8-18(13-20(15)24(27,28)29)31-23-32-21(22(26)34-23)16-3-1-11-30-14-16/h1,3,5-11,13-14H,2,4,12H2,(H,31,32). The largest absolute Gasteiger partial charge is 0.494 e. The molecule has 4 aromatic rings. The number of aromatic nitrogens is 2. The van der Waals surface area contributed by atoms with Crippen molar-refractivity contribution in [2.24, 2.45) is 0 Å². The molecule has 10 heteroatoms. The van der Waals surface area contributed by atoms with Crippen molar-refractivity contribution in [1.82, 2.24) is 9.97 Å². The molecule has 0 unspecified atom stereocenters. The fraction of sp³-hybridized carbons (Fsp3) is 0.167. The van der Waals surface area contributed by atoms with Crippen molar-refractivity contribution >= 4 is 33.8 Å². The zero-order valence-corrected chi connectivity index (χ0v) is 19.1. The van der Waals surface area contributed by atoms with Gasteiger partial charge in [-0.15, -0.1) is 0 Å². The number of hydrogen-bond acceptors (Lipinski definition) is 5. The van der Waals surface area contributed by atoms with E-state index in [1.807, 2.05) is 0 Å². The number of anilines is 2. The summed E-state index contributed by atoms with van der Waals surface area (Å²) in [7, 11) is 0. The number of benzene rings is 2. The van der Waals surface area contributed by atoms with Gasteiger partial charge in [-0.05, 0) is 66.9 Å². The summed E-state index contributed by atoms with van der Waals surface area (Å²) in [6.45, 7) is 0.258. The van der Waals surface area contributed by atoms with E-state index in [2.05, 4.69) is 15.3 Å². The SMILES string of the molecule is Fc1sc(Nc2ccc(CCCOc3ccc(Cl)cc3)c(C(F)(F)F)c2)nc1-c1cccnc1. The Labute approximate surface area is 202 Å². The van der Waals surface area contributed by atoms with Crippen LogP contribution in [0.25, 0.3) is 11.3 Å². The molecular formula is C24H18ClF4N3OS. The van der Waals surface area contributed by atoms with Gasteiger partial charge in [0.05, 0.1) is 12.2 Å². The van der Waals surface area contributed by atoms with Gasteiger partial charge in [-0.3, -0.25) is 4.98 Å². The van der Waals surface area contributed by atoms with Gasteiger partial charge in [0.25, 0.3) is 0 Å². The van der Waals surface area contributed by atoms with E-state index in [0.29, 0.717) is 34.1 Å². The van der Waals surface area contributed by atoms with Gasteiger partial charge in [0.15, 0.2) is 5.13 Å². The highest BCUT2D eigenvalue weighted by molar-refractivity contribution is 7.14. The first-order valence-corrected chi connectivity index (χ1v) is 11.4. The van der Waals surface area contributed by atoms with Crippen molar-refractivity contribution in [3.63, 3.8) is 0 Å². The molecule has 34 heavy (non-hydrogen) atoms. The Kier molecular flexibility index (Phi) is 7.33. The number of rotatable bonds is 8. The summed E-state index contributed by atoms with van der Waals surface area (Å²) >= 11 is 6.54. The van der Waals surface area contributed by atoms with Crippen molar-refractivity contribution in [2.75, 3.05) is 11.9 Å². The molecular weight excluding hydrogens is 490 g/mol. The summed E-state index contributed by atoms with van der Waals surface area (Å²) in [5.74, 6) is 0.598. The number of thiazole rings is 1. The van der Waals surface area contributed by atoms with Crippen molar-refractivity contribution in [2.45, 2.75) is 19.0 Å². The van der Waals surface area contributed by atoms with E-state index in [-0.39, 0.29) is 35.1 Å². The van der Waals surface area contributed by atoms with Gasteiger partial charge in [0.1, 0.15) is 11.4 Å². The summed E-state index contributed by atoms with van der Waals surface area (Å²) in [6.07, 6.45) is -0.949. The van der Waals surface area contributed by atoms with Gasteiger partial charge in [-0.2, -0.15) is 17.6 Å². The molecule has 4 rings (SSSR count). The highest BCUT2D eigenvalue weighted by Gasteiger charge is 2.33. The molecule has 1 N–H and O–H groups in total. The predicted molar refractivity (Wildman–Crippen MR) is 125 cm³/mol. The van der Waals surface area contributed by atoms with Crippen LogP contribution in [0, 0.1) is 5.13 Å². The maximum Gasteiger partial charge on any atom is 0.416 e. The topological polar surface area (TPSA) is 47.0 Å². The zero-order valence-electron chi connectivity index (χ0n) is 17.6. The highest BCUT2D eigenvalue weighted by atomic mass is 35.5. The molecule has 0 aliphatic carbocycles. The number of nitrogens with zero attached hydrogens (tertiary/aromatic N) is 2. The van der Waals surface area contributed by atoms with Crippen molar-refractivity contribution in [3.8, 4) is 17.0 Å². The smallest absolute Gasteiger partial charge is 0.416 e. The van der Waals surface area contributed by atoms with E-state index >= 15 is 0 Å². The van der Waals surface area contributed by atoms with Crippen molar-refractivity contribution < 1.29 is 22.3 Å². The monoisotopic (exact) mass is 507 g/mol. The van der Waals surface area contributed by atoms with Gasteiger partial charge in [-0.25, -0.2) is 4.98 Å². The van der Waals surface area contributed by atoms with E-state index in [1.54, 1.807) is 42.6 Å². The second-order valence-electron chi connectivity index (χ2n) is 7.28. The number of nitrogens with one attached hydrogen (secondary N) is 1. The average Bonchev–Trinajstić information content (AvgIpc) is 3.18. The van der Waals surface area contributed by atoms with E-state index < -0.39 is 16.9 Å². The third-order valence-corrected chi connectivity index (χ3v) is 5.87. The average molecular weight is 508 g/mol. The molecule has 0 amide bonds. The predicted octanol–water partition coefficient (Wildman–Crippen LogP) is 7.77. The molecule has 4 nitrogen and oxygen atoms in total. The van der Waals surface area contributed by atoms with Crippen molar-refractivity contribution in [1.29, 1.82) is 0 Å². The van der Waals surface area contributed by atoms with Gasteiger partial charge >= 0.3 is 6.18 Å². The van der Waals surface area contributed by atoms with Crippen LogP contribution in [0.3, 0.4) is 0 Å². The zero-order chi connectivity index (χ0) is 24.1. The third kappa shape index (κ3) is 6.03. The number of ether oxygens (including phenoxy) is 1. The minimum atomic E-state index is -4.54. The summed E-state index contributed by atoms with van der Waals surface area (Å²) in [6, 6.07) is 14.0. The van der Waals surface area contributed by atoms with E-state index in [9.17, 15) is 17.6 Å². The Hall–Kier alpha value is -3.17. The van der Waals surface area contributed by atoms with Crippen molar-refractivity contribution in [3.05, 3.63) is 88.3 Å². The van der Waals surface area contributed by atoms with Crippen LogP contribution < -0.4 is 10.1 Å². The van der Waals surface area contributed by atoms with Gasteiger partial charge in [0, 0.05) is 28.7 Å². The van der Waals surface area contributed by atoms with Crippen LogP contribution in [0.2, 0.25) is 5.02 Å². The van der Waals surface area contributed by atoms with Crippen LogP contribution in [0.15, 0.2) is 67.0 Å². The van der Waals surface area contributed by atoms with Gasteiger partial charge in [0.2, 0.25) is 5.13 Å². The Morgan fingerprint density at radius 2 is 1.85 bits per heavy atom. The first kappa shape index (κ1) is 24.0. The summed E-state index contributed by atoms with van der Waals surface area (Å²) in [4.78, 5) is 8.10. The Morgan fingerprint density at radius 1 is 1.06 bits per heavy atom. The lowest BCUT2D eigenvalue weighted by Crippen LogP contribution is -2.11. The Balaban J connectivity index is 1.45. The number of halogens is 5. The fourth-order valence-electron chi connectivity index (χ4n) is 3.28. The van der Waals surface area contributed by atoms with E-state index in [1.165, 1.54) is 18.3 Å². The number of alkyl halides is 3. The highest BCUT2D eigenvalue weighted by Crippen LogP contribution is 2.36. The van der Waals surface area contributed by atoms with Crippen LogP contribution in [0.5, 0.6) is 5.75 Å². The Bertz CT molecular complexity index is 1250.